The molecule has 1 aliphatic heterocycles. The van der Waals surface area contributed by atoms with Gasteiger partial charge in [0.1, 0.15) is 5.75 Å². The van der Waals surface area contributed by atoms with Crippen LogP contribution >= 0.6 is 0 Å². The van der Waals surface area contributed by atoms with E-state index >= 15 is 0 Å². The van der Waals surface area contributed by atoms with Crippen molar-refractivity contribution in [1.82, 2.24) is 9.80 Å². The van der Waals surface area contributed by atoms with E-state index in [0.717, 1.165) is 35.4 Å². The lowest BCUT2D eigenvalue weighted by Crippen LogP contribution is -2.38. The minimum Gasteiger partial charge on any atom is -0.496 e. The van der Waals surface area contributed by atoms with Crippen molar-refractivity contribution < 1.29 is 14.3 Å². The molecule has 1 aromatic carbocycles. The summed E-state index contributed by atoms with van der Waals surface area (Å²) in [5.41, 5.74) is 3.25. The maximum atomic E-state index is 12.8. The molecule has 1 aromatic rings. The van der Waals surface area contributed by atoms with Crippen LogP contribution in [0.1, 0.15) is 43.4 Å². The molecule has 0 aliphatic carbocycles. The summed E-state index contributed by atoms with van der Waals surface area (Å²) in [5, 5.41) is 0. The molecule has 5 heteroatoms. The predicted octanol–water partition coefficient (Wildman–Crippen LogP) is 2.96. The highest BCUT2D eigenvalue weighted by molar-refractivity contribution is 5.80. The highest BCUT2D eigenvalue weighted by atomic mass is 16.5. The summed E-state index contributed by atoms with van der Waals surface area (Å²) in [5.74, 6) is 1.43. The van der Waals surface area contributed by atoms with Gasteiger partial charge in [-0.3, -0.25) is 9.59 Å². The number of carbonyl (C=O) groups is 2. The first-order valence-electron chi connectivity index (χ1n) is 9.51. The second kappa shape index (κ2) is 9.06. The molecule has 5 nitrogen and oxygen atoms in total. The number of amides is 2. The molecule has 0 atom stereocenters. The van der Waals surface area contributed by atoms with E-state index in [4.69, 9.17) is 4.74 Å². The Labute approximate surface area is 157 Å². The molecule has 0 aromatic heterocycles. The number of carbonyl (C=O) groups excluding carboxylic acids is 2. The van der Waals surface area contributed by atoms with Gasteiger partial charge in [0, 0.05) is 38.2 Å². The van der Waals surface area contributed by atoms with Crippen molar-refractivity contribution in [2.75, 3.05) is 33.3 Å². The third kappa shape index (κ3) is 5.23. The second-order valence-corrected chi connectivity index (χ2v) is 7.64. The summed E-state index contributed by atoms with van der Waals surface area (Å²) >= 11 is 0. The minimum atomic E-state index is 0.102. The van der Waals surface area contributed by atoms with Crippen molar-refractivity contribution in [3.05, 3.63) is 28.8 Å². The van der Waals surface area contributed by atoms with Gasteiger partial charge in [-0.1, -0.05) is 19.9 Å². The monoisotopic (exact) mass is 360 g/mol. The Morgan fingerprint density at radius 1 is 1.00 bits per heavy atom. The van der Waals surface area contributed by atoms with E-state index in [1.807, 2.05) is 35.8 Å². The van der Waals surface area contributed by atoms with E-state index in [0.29, 0.717) is 38.4 Å². The Hall–Kier alpha value is -2.04. The van der Waals surface area contributed by atoms with E-state index in [9.17, 15) is 9.59 Å². The number of methoxy groups -OCH3 is 1. The summed E-state index contributed by atoms with van der Waals surface area (Å²) in [6, 6.07) is 4.04. The molecule has 1 fully saturated rings. The molecule has 0 saturated carbocycles. The average Bonchev–Trinajstić information content (AvgIpc) is 2.83. The molecule has 0 radical (unpaired) electrons. The molecular weight excluding hydrogens is 328 g/mol. The van der Waals surface area contributed by atoms with Crippen molar-refractivity contribution in [3.63, 3.8) is 0 Å². The van der Waals surface area contributed by atoms with Gasteiger partial charge in [-0.15, -0.1) is 0 Å². The molecule has 26 heavy (non-hydrogen) atoms. The summed E-state index contributed by atoms with van der Waals surface area (Å²) in [6.45, 7) is 10.9. The van der Waals surface area contributed by atoms with Crippen molar-refractivity contribution in [1.29, 1.82) is 0 Å². The van der Waals surface area contributed by atoms with Crippen molar-refractivity contribution in [3.8, 4) is 5.75 Å². The Morgan fingerprint density at radius 2 is 1.58 bits per heavy atom. The van der Waals surface area contributed by atoms with Crippen LogP contribution in [0.15, 0.2) is 12.1 Å². The molecule has 1 aliphatic rings. The van der Waals surface area contributed by atoms with Crippen LogP contribution in [0, 0.1) is 19.8 Å². The van der Waals surface area contributed by atoms with E-state index < -0.39 is 0 Å². The fourth-order valence-electron chi connectivity index (χ4n) is 3.35. The van der Waals surface area contributed by atoms with E-state index in [1.165, 1.54) is 0 Å². The van der Waals surface area contributed by atoms with Crippen LogP contribution in [0.25, 0.3) is 0 Å². The Morgan fingerprint density at radius 3 is 2.15 bits per heavy atom. The lowest BCUT2D eigenvalue weighted by Gasteiger charge is -2.23. The number of benzene rings is 1. The molecule has 2 amide bonds. The van der Waals surface area contributed by atoms with E-state index in [-0.39, 0.29) is 11.8 Å². The van der Waals surface area contributed by atoms with E-state index in [1.54, 1.807) is 7.11 Å². The highest BCUT2D eigenvalue weighted by Gasteiger charge is 2.23. The third-order valence-corrected chi connectivity index (χ3v) is 5.02. The number of rotatable bonds is 5. The van der Waals surface area contributed by atoms with Gasteiger partial charge in [-0.25, -0.2) is 0 Å². The van der Waals surface area contributed by atoms with Crippen molar-refractivity contribution >= 4 is 11.8 Å². The van der Waals surface area contributed by atoms with Gasteiger partial charge in [-0.2, -0.15) is 0 Å². The summed E-state index contributed by atoms with van der Waals surface area (Å²) < 4.78 is 5.46. The maximum absolute atomic E-state index is 12.8. The molecule has 2 rings (SSSR count). The molecule has 0 N–H and O–H groups in total. The second-order valence-electron chi connectivity index (χ2n) is 7.64. The van der Waals surface area contributed by atoms with Gasteiger partial charge in [0.15, 0.2) is 0 Å². The number of ether oxygens (including phenoxy) is 1. The first-order chi connectivity index (χ1) is 12.3. The number of aryl methyl sites for hydroxylation is 2. The fourth-order valence-corrected chi connectivity index (χ4v) is 3.35. The third-order valence-electron chi connectivity index (χ3n) is 5.02. The normalized spacial score (nSPS) is 15.2. The van der Waals surface area contributed by atoms with Crippen LogP contribution < -0.4 is 4.74 Å². The molecule has 144 valence electrons. The van der Waals surface area contributed by atoms with Crippen LogP contribution in [-0.2, 0) is 16.0 Å². The van der Waals surface area contributed by atoms with Gasteiger partial charge < -0.3 is 14.5 Å². The van der Waals surface area contributed by atoms with Crippen LogP contribution in [0.4, 0.5) is 0 Å². The number of hydrogen-bond donors (Lipinski definition) is 0. The van der Waals surface area contributed by atoms with Gasteiger partial charge in [-0.05, 0) is 43.4 Å². The smallest absolute Gasteiger partial charge is 0.227 e. The van der Waals surface area contributed by atoms with Gasteiger partial charge >= 0.3 is 0 Å². The minimum absolute atomic E-state index is 0.102. The zero-order valence-corrected chi connectivity index (χ0v) is 16.8. The van der Waals surface area contributed by atoms with Crippen LogP contribution in [0.2, 0.25) is 0 Å². The van der Waals surface area contributed by atoms with Gasteiger partial charge in [0.05, 0.1) is 13.5 Å². The fraction of sp³-hybridized carbons (Fsp3) is 0.619. The lowest BCUT2D eigenvalue weighted by atomic mass is 10.0. The van der Waals surface area contributed by atoms with Crippen LogP contribution in [-0.4, -0.2) is 54.9 Å². The van der Waals surface area contributed by atoms with Gasteiger partial charge in [0.2, 0.25) is 11.8 Å². The number of hydrogen-bond acceptors (Lipinski definition) is 3. The standard InChI is InChI=1S/C21H32N2O3/c1-15(2)11-20(24)22-7-6-8-23(10-9-22)21(25)14-18-12-16(3)17(4)13-19(18)26-5/h12-13,15H,6-11,14H2,1-5H3. The van der Waals surface area contributed by atoms with Crippen LogP contribution in [0.3, 0.4) is 0 Å². The summed E-state index contributed by atoms with van der Waals surface area (Å²) in [7, 11) is 1.64. The highest BCUT2D eigenvalue weighted by Crippen LogP contribution is 2.24. The molecule has 1 heterocycles. The van der Waals surface area contributed by atoms with E-state index in [2.05, 4.69) is 13.8 Å². The largest absolute Gasteiger partial charge is 0.496 e. The first-order valence-corrected chi connectivity index (χ1v) is 9.51. The predicted molar refractivity (Wildman–Crippen MR) is 103 cm³/mol. The van der Waals surface area contributed by atoms with Crippen LogP contribution in [0.5, 0.6) is 5.75 Å². The zero-order chi connectivity index (χ0) is 19.3. The molecule has 1 saturated heterocycles. The number of nitrogens with zero attached hydrogens (tertiary/aromatic N) is 2. The summed E-state index contributed by atoms with van der Waals surface area (Å²) in [4.78, 5) is 28.9. The topological polar surface area (TPSA) is 49.9 Å². The molecular formula is C21H32N2O3. The Balaban J connectivity index is 2.00. The van der Waals surface area contributed by atoms with Gasteiger partial charge in [0.25, 0.3) is 0 Å². The van der Waals surface area contributed by atoms with Crippen molar-refractivity contribution in [2.24, 2.45) is 5.92 Å². The maximum Gasteiger partial charge on any atom is 0.227 e. The average molecular weight is 360 g/mol. The summed E-state index contributed by atoms with van der Waals surface area (Å²) in [6.07, 6.45) is 1.75. The molecule has 0 bridgehead atoms. The Bertz CT molecular complexity index is 655. The molecule has 0 spiro atoms. The molecule has 0 unspecified atom stereocenters. The SMILES string of the molecule is COc1cc(C)c(C)cc1CC(=O)N1CCCN(C(=O)CC(C)C)CC1. The lowest BCUT2D eigenvalue weighted by molar-refractivity contribution is -0.133. The Kier molecular flexibility index (Phi) is 7.06. The zero-order valence-electron chi connectivity index (χ0n) is 16.8. The first kappa shape index (κ1) is 20.3. The van der Waals surface area contributed by atoms with Crippen molar-refractivity contribution in [2.45, 2.75) is 47.0 Å². The quantitative estimate of drug-likeness (QED) is 0.811.